The molecule has 0 bridgehead atoms. The molecular formula is C18H18BrFN2O4. The Kier molecular flexibility index (Phi) is 5.50. The van der Waals surface area contributed by atoms with Gasteiger partial charge in [0.15, 0.2) is 6.17 Å². The summed E-state index contributed by atoms with van der Waals surface area (Å²) in [4.78, 5) is 41.8. The number of allylic oxidation sites excluding steroid dienone is 3. The molecule has 0 N–H and O–H groups in total. The average Bonchev–Trinajstić information content (AvgIpc) is 2.86. The van der Waals surface area contributed by atoms with Crippen molar-refractivity contribution in [3.63, 3.8) is 0 Å². The third kappa shape index (κ3) is 3.42. The fourth-order valence-corrected chi connectivity index (χ4v) is 3.70. The average molecular weight is 425 g/mol. The van der Waals surface area contributed by atoms with Gasteiger partial charge in [-0.1, -0.05) is 0 Å². The van der Waals surface area contributed by atoms with Gasteiger partial charge in [0.2, 0.25) is 0 Å². The molecule has 0 aromatic heterocycles. The molecule has 0 aromatic carbocycles. The summed E-state index contributed by atoms with van der Waals surface area (Å²) in [5, 5.41) is 0. The van der Waals surface area contributed by atoms with Gasteiger partial charge in [-0.15, -0.1) is 0 Å². The van der Waals surface area contributed by atoms with Crippen LogP contribution >= 0.6 is 15.9 Å². The van der Waals surface area contributed by atoms with Crippen LogP contribution in [-0.4, -0.2) is 47.7 Å². The molecule has 0 fully saturated rings. The lowest BCUT2D eigenvalue weighted by molar-refractivity contribution is -0.141. The number of nitrogens with zero attached hydrogens (tertiary/aromatic N) is 2. The van der Waals surface area contributed by atoms with Crippen molar-refractivity contribution in [3.8, 4) is 0 Å². The zero-order valence-electron chi connectivity index (χ0n) is 14.3. The molecule has 1 unspecified atom stereocenters. The molecule has 3 aliphatic rings. The van der Waals surface area contributed by atoms with E-state index in [4.69, 9.17) is 4.74 Å². The maximum atomic E-state index is 14.6. The van der Waals surface area contributed by atoms with Gasteiger partial charge in [-0.2, -0.15) is 0 Å². The van der Waals surface area contributed by atoms with Gasteiger partial charge < -0.3 is 4.74 Å². The monoisotopic (exact) mass is 424 g/mol. The van der Waals surface area contributed by atoms with E-state index in [-0.39, 0.29) is 24.6 Å². The highest BCUT2D eigenvalue weighted by atomic mass is 79.9. The molecule has 1 aliphatic heterocycles. The van der Waals surface area contributed by atoms with Gasteiger partial charge >= 0.3 is 5.97 Å². The standard InChI is InChI=1S/C18H18BrFN2O4/c1-2-26-16(23)9-21-14-8-15(13(20)7-12(14)19)22-17(24)10-5-3-4-6-11(10)18(22)25/h7-8,13H,2-6,9H2,1H3/b21-14+. The van der Waals surface area contributed by atoms with Crippen LogP contribution in [0.2, 0.25) is 0 Å². The van der Waals surface area contributed by atoms with Crippen LogP contribution in [0.15, 0.2) is 38.5 Å². The third-order valence-corrected chi connectivity index (χ3v) is 5.11. The Bertz CT molecular complexity index is 769. The number of hydrogen-bond acceptors (Lipinski definition) is 5. The van der Waals surface area contributed by atoms with Crippen molar-refractivity contribution in [1.82, 2.24) is 4.90 Å². The largest absolute Gasteiger partial charge is 0.465 e. The predicted molar refractivity (Wildman–Crippen MR) is 96.3 cm³/mol. The maximum absolute atomic E-state index is 14.6. The van der Waals surface area contributed by atoms with E-state index in [1.807, 2.05) is 0 Å². The number of aliphatic imine (C=N–C) groups is 1. The number of halogens is 2. The molecule has 0 saturated heterocycles. The Morgan fingerprint density at radius 1 is 1.31 bits per heavy atom. The van der Waals surface area contributed by atoms with E-state index in [9.17, 15) is 18.8 Å². The molecule has 138 valence electrons. The molecule has 0 spiro atoms. The Hall–Kier alpha value is -2.09. The fourth-order valence-electron chi connectivity index (χ4n) is 3.23. The predicted octanol–water partition coefficient (Wildman–Crippen LogP) is 2.74. The quantitative estimate of drug-likeness (QED) is 0.513. The minimum absolute atomic E-state index is 0.0693. The summed E-state index contributed by atoms with van der Waals surface area (Å²) in [6.45, 7) is 1.69. The second kappa shape index (κ2) is 7.65. The first-order valence-electron chi connectivity index (χ1n) is 8.48. The molecule has 8 heteroatoms. The molecule has 2 aliphatic carbocycles. The lowest BCUT2D eigenvalue weighted by Gasteiger charge is -2.24. The topological polar surface area (TPSA) is 76.0 Å². The Morgan fingerprint density at radius 2 is 1.92 bits per heavy atom. The van der Waals surface area contributed by atoms with Crippen LogP contribution in [-0.2, 0) is 19.1 Å². The minimum atomic E-state index is -1.62. The lowest BCUT2D eigenvalue weighted by atomic mass is 9.93. The van der Waals surface area contributed by atoms with Crippen molar-refractivity contribution in [1.29, 1.82) is 0 Å². The van der Waals surface area contributed by atoms with Crippen molar-refractivity contribution >= 4 is 39.4 Å². The van der Waals surface area contributed by atoms with Crippen LogP contribution in [0.5, 0.6) is 0 Å². The number of esters is 1. The number of imide groups is 1. The lowest BCUT2D eigenvalue weighted by Crippen LogP contribution is -2.36. The number of alkyl halides is 1. The van der Waals surface area contributed by atoms with Crippen molar-refractivity contribution in [2.75, 3.05) is 13.2 Å². The van der Waals surface area contributed by atoms with Crippen LogP contribution in [0.25, 0.3) is 0 Å². The van der Waals surface area contributed by atoms with E-state index in [2.05, 4.69) is 20.9 Å². The number of amides is 2. The van der Waals surface area contributed by atoms with Crippen LogP contribution in [0.4, 0.5) is 4.39 Å². The van der Waals surface area contributed by atoms with Crippen LogP contribution in [0.1, 0.15) is 32.6 Å². The van der Waals surface area contributed by atoms with Crippen LogP contribution in [0.3, 0.4) is 0 Å². The number of hydrogen-bond donors (Lipinski definition) is 0. The van der Waals surface area contributed by atoms with Crippen molar-refractivity contribution in [2.45, 2.75) is 38.8 Å². The van der Waals surface area contributed by atoms with E-state index < -0.39 is 24.0 Å². The number of rotatable bonds is 4. The summed E-state index contributed by atoms with van der Waals surface area (Å²) in [6.07, 6.45) is 3.72. The number of carbonyl (C=O) groups is 3. The van der Waals surface area contributed by atoms with Crippen LogP contribution in [0, 0.1) is 0 Å². The second-order valence-corrected chi connectivity index (χ2v) is 6.96. The van der Waals surface area contributed by atoms with E-state index in [1.54, 1.807) is 6.92 Å². The highest BCUT2D eigenvalue weighted by Gasteiger charge is 2.43. The molecular weight excluding hydrogens is 407 g/mol. The highest BCUT2D eigenvalue weighted by Crippen LogP contribution is 2.37. The Morgan fingerprint density at radius 3 is 2.50 bits per heavy atom. The van der Waals surface area contributed by atoms with E-state index in [1.165, 1.54) is 12.2 Å². The third-order valence-electron chi connectivity index (χ3n) is 4.44. The summed E-state index contributed by atoms with van der Waals surface area (Å²) < 4.78 is 19.8. The Labute approximate surface area is 158 Å². The van der Waals surface area contributed by atoms with Gasteiger partial charge in [0.05, 0.1) is 18.0 Å². The van der Waals surface area contributed by atoms with Crippen LogP contribution < -0.4 is 0 Å². The summed E-state index contributed by atoms with van der Waals surface area (Å²) in [5.41, 5.74) is 1.20. The molecule has 26 heavy (non-hydrogen) atoms. The van der Waals surface area contributed by atoms with Gasteiger partial charge in [0.25, 0.3) is 11.8 Å². The second-order valence-electron chi connectivity index (χ2n) is 6.10. The summed E-state index contributed by atoms with van der Waals surface area (Å²) in [5.74, 6) is -1.41. The molecule has 1 atom stereocenters. The summed E-state index contributed by atoms with van der Waals surface area (Å²) in [6, 6.07) is 0. The smallest absolute Gasteiger partial charge is 0.327 e. The Balaban J connectivity index is 1.88. The fraction of sp³-hybridized carbons (Fsp3) is 0.444. The van der Waals surface area contributed by atoms with Gasteiger partial charge in [-0.05, 0) is 60.7 Å². The minimum Gasteiger partial charge on any atom is -0.465 e. The van der Waals surface area contributed by atoms with Crippen molar-refractivity contribution < 1.29 is 23.5 Å². The molecule has 0 aromatic rings. The van der Waals surface area contributed by atoms with E-state index in [0.29, 0.717) is 28.5 Å². The molecule has 1 heterocycles. The zero-order valence-corrected chi connectivity index (χ0v) is 15.8. The summed E-state index contributed by atoms with van der Waals surface area (Å²) >= 11 is 3.21. The van der Waals surface area contributed by atoms with Gasteiger partial charge in [0.1, 0.15) is 6.54 Å². The van der Waals surface area contributed by atoms with Gasteiger partial charge in [0, 0.05) is 15.6 Å². The first-order valence-corrected chi connectivity index (χ1v) is 9.27. The molecule has 0 radical (unpaired) electrons. The molecule has 3 rings (SSSR count). The summed E-state index contributed by atoms with van der Waals surface area (Å²) in [7, 11) is 0. The zero-order chi connectivity index (χ0) is 18.8. The number of carbonyl (C=O) groups excluding carboxylic acids is 3. The SMILES string of the molecule is CCOC(=O)C/N=C1\C=C(N2C(=O)C3=C(CCCC3)C2=O)C(F)C=C1Br. The first kappa shape index (κ1) is 18.7. The molecule has 2 amide bonds. The normalized spacial score (nSPS) is 24.7. The first-order chi connectivity index (χ1) is 12.4. The number of ether oxygens (including phenoxy) is 1. The molecule has 0 saturated carbocycles. The van der Waals surface area contributed by atoms with Crippen molar-refractivity contribution in [2.24, 2.45) is 4.99 Å². The highest BCUT2D eigenvalue weighted by molar-refractivity contribution is 9.12. The van der Waals surface area contributed by atoms with E-state index in [0.717, 1.165) is 17.7 Å². The maximum Gasteiger partial charge on any atom is 0.327 e. The molecule has 6 nitrogen and oxygen atoms in total. The van der Waals surface area contributed by atoms with Crippen molar-refractivity contribution in [3.05, 3.63) is 33.5 Å². The van der Waals surface area contributed by atoms with Gasteiger partial charge in [-0.3, -0.25) is 19.4 Å². The van der Waals surface area contributed by atoms with E-state index >= 15 is 0 Å². The van der Waals surface area contributed by atoms with Gasteiger partial charge in [-0.25, -0.2) is 9.29 Å².